The quantitative estimate of drug-likeness (QED) is 0.717. The van der Waals surface area contributed by atoms with E-state index < -0.39 is 0 Å². The van der Waals surface area contributed by atoms with E-state index in [9.17, 15) is 4.39 Å². The maximum absolute atomic E-state index is 13.0. The minimum atomic E-state index is -0.309. The fourth-order valence-electron chi connectivity index (χ4n) is 1.35. The van der Waals surface area contributed by atoms with E-state index in [1.54, 1.807) is 12.3 Å². The Morgan fingerprint density at radius 3 is 2.73 bits per heavy atom. The van der Waals surface area contributed by atoms with Crippen LogP contribution < -0.4 is 3.79 Å². The fraction of sp³-hybridized carbons (Fsp3) is 0. The van der Waals surface area contributed by atoms with Crippen LogP contribution in [0.5, 0.6) is 5.75 Å². The summed E-state index contributed by atoms with van der Waals surface area (Å²) in [5.41, 5.74) is 1.58. The average Bonchev–Trinajstić information content (AvgIpc) is 2.30. The molecule has 0 saturated carbocycles. The predicted octanol–water partition coefficient (Wildman–Crippen LogP) is 2.08. The summed E-state index contributed by atoms with van der Waals surface area (Å²) in [6.07, 6.45) is 1.69. The van der Waals surface area contributed by atoms with Crippen LogP contribution in [-0.2, 0) is 0 Å². The van der Waals surface area contributed by atoms with Gasteiger partial charge in [-0.25, -0.2) is 4.39 Å². The second kappa shape index (κ2) is 4.43. The Bertz CT molecular complexity index is 461. The third kappa shape index (κ3) is 2.17. The van der Waals surface area contributed by atoms with Gasteiger partial charge in [0.1, 0.15) is 5.82 Å². The van der Waals surface area contributed by atoms with Crippen LogP contribution in [0.1, 0.15) is 0 Å². The van der Waals surface area contributed by atoms with Crippen molar-refractivity contribution >= 4 is 16.6 Å². The highest BCUT2D eigenvalue weighted by molar-refractivity contribution is 6.00. The molecule has 0 atom stereocenters. The zero-order valence-electron chi connectivity index (χ0n) is 7.98. The lowest BCUT2D eigenvalue weighted by Crippen LogP contribution is -1.92. The summed E-state index contributed by atoms with van der Waals surface area (Å²) in [5, 5.41) is 0. The first kappa shape index (κ1) is 10.2. The van der Waals surface area contributed by atoms with Crippen molar-refractivity contribution in [1.29, 1.82) is 0 Å². The third-order valence-corrected chi connectivity index (χ3v) is 2.35. The van der Waals surface area contributed by atoms with Gasteiger partial charge >= 0.3 is 16.6 Å². The molecule has 0 saturated heterocycles. The first-order chi connectivity index (χ1) is 7.31. The minimum absolute atomic E-state index is 0.309. The van der Waals surface area contributed by atoms with E-state index in [-0.39, 0.29) is 5.82 Å². The van der Waals surface area contributed by atoms with E-state index in [1.807, 2.05) is 18.2 Å². The number of pyridine rings is 1. The Morgan fingerprint density at radius 2 is 2.07 bits per heavy atom. The average molecular weight is 216 g/mol. The summed E-state index contributed by atoms with van der Waals surface area (Å²) >= 11 is 1.32. The molecule has 0 N–H and O–H groups in total. The zero-order valence-corrected chi connectivity index (χ0v) is 9.40. The second-order valence-corrected chi connectivity index (χ2v) is 3.29. The fourth-order valence-corrected chi connectivity index (χ4v) is 1.59. The molecule has 2 rings (SSSR count). The number of nitrogens with zero attached hydrogens (tertiary/aromatic N) is 1. The van der Waals surface area contributed by atoms with Gasteiger partial charge in [0.15, 0.2) is 0 Å². The van der Waals surface area contributed by atoms with Crippen molar-refractivity contribution in [1.82, 2.24) is 4.98 Å². The van der Waals surface area contributed by atoms with Gasteiger partial charge in [-0.2, -0.15) is 0 Å². The molecule has 4 heteroatoms. The number of benzene rings is 1. The lowest BCUT2D eigenvalue weighted by molar-refractivity contribution is 0.587. The predicted molar refractivity (Wildman–Crippen MR) is 57.4 cm³/mol. The minimum Gasteiger partial charge on any atom is -0.650 e. The molecule has 73 valence electrons. The summed E-state index contributed by atoms with van der Waals surface area (Å²) in [5.74, 6) is 0.198. The van der Waals surface area contributed by atoms with Crippen LogP contribution in [-0.4, -0.2) is 21.6 Å². The molecular formula is C11H8AlFNO. The van der Waals surface area contributed by atoms with Crippen LogP contribution in [0, 0.1) is 5.82 Å². The molecule has 0 bridgehead atoms. The zero-order chi connectivity index (χ0) is 10.7. The van der Waals surface area contributed by atoms with Crippen LogP contribution >= 0.6 is 0 Å². The Labute approximate surface area is 95.5 Å². The maximum Gasteiger partial charge on any atom is 0.494 e. The van der Waals surface area contributed by atoms with Gasteiger partial charge in [-0.15, -0.1) is 0 Å². The number of halogens is 1. The summed E-state index contributed by atoms with van der Waals surface area (Å²) in [7, 11) is 0. The molecular weight excluding hydrogens is 208 g/mol. The summed E-state index contributed by atoms with van der Waals surface area (Å²) in [6.45, 7) is 0. The topological polar surface area (TPSA) is 22.1 Å². The van der Waals surface area contributed by atoms with E-state index in [1.165, 1.54) is 28.8 Å². The molecule has 0 aliphatic carbocycles. The molecule has 1 aromatic heterocycles. The highest BCUT2D eigenvalue weighted by atomic mass is 27.1. The van der Waals surface area contributed by atoms with E-state index in [0.29, 0.717) is 5.75 Å². The summed E-state index contributed by atoms with van der Waals surface area (Å²) in [4.78, 5) is 4.19. The van der Waals surface area contributed by atoms with Crippen molar-refractivity contribution in [3.63, 3.8) is 0 Å². The number of hydrogen-bond acceptors (Lipinski definition) is 2. The van der Waals surface area contributed by atoms with E-state index in [2.05, 4.69) is 4.98 Å². The van der Waals surface area contributed by atoms with Gasteiger partial charge in [-0.3, -0.25) is 4.98 Å². The van der Waals surface area contributed by atoms with Crippen molar-refractivity contribution in [3.05, 3.63) is 48.4 Å². The molecule has 1 aromatic carbocycles. The molecule has 0 aliphatic heterocycles. The normalized spacial score (nSPS) is 9.93. The lowest BCUT2D eigenvalue weighted by atomic mass is 10.1. The van der Waals surface area contributed by atoms with Crippen LogP contribution in [0.15, 0.2) is 42.6 Å². The summed E-state index contributed by atoms with van der Waals surface area (Å²) in [6, 6.07) is 10.0. The van der Waals surface area contributed by atoms with Gasteiger partial charge in [0.25, 0.3) is 0 Å². The third-order valence-electron chi connectivity index (χ3n) is 2.04. The molecule has 1 radical (unpaired) electrons. The molecule has 2 nitrogen and oxygen atoms in total. The van der Waals surface area contributed by atoms with Gasteiger partial charge in [0.05, 0.1) is 11.4 Å². The van der Waals surface area contributed by atoms with E-state index >= 15 is 0 Å². The molecule has 0 aliphatic rings. The van der Waals surface area contributed by atoms with Gasteiger partial charge in [0, 0.05) is 17.8 Å². The molecule has 0 unspecified atom stereocenters. The van der Waals surface area contributed by atoms with E-state index in [4.69, 9.17) is 3.79 Å². The van der Waals surface area contributed by atoms with Gasteiger partial charge < -0.3 is 3.79 Å². The van der Waals surface area contributed by atoms with Crippen LogP contribution in [0.4, 0.5) is 4.39 Å². The molecule has 15 heavy (non-hydrogen) atoms. The second-order valence-electron chi connectivity index (χ2n) is 3.00. The van der Waals surface area contributed by atoms with Crippen molar-refractivity contribution < 1.29 is 8.18 Å². The van der Waals surface area contributed by atoms with Crippen molar-refractivity contribution in [2.45, 2.75) is 0 Å². The van der Waals surface area contributed by atoms with Gasteiger partial charge in [-0.05, 0) is 24.3 Å². The number of rotatable bonds is 2. The first-order valence-electron chi connectivity index (χ1n) is 4.44. The summed E-state index contributed by atoms with van der Waals surface area (Å²) < 4.78 is 18.1. The smallest absolute Gasteiger partial charge is 0.494 e. The van der Waals surface area contributed by atoms with Crippen molar-refractivity contribution in [3.8, 4) is 17.0 Å². The Balaban J connectivity index is 2.53. The maximum atomic E-state index is 13.0. The molecule has 0 amide bonds. The molecule has 0 fully saturated rings. The largest absolute Gasteiger partial charge is 0.650 e. The van der Waals surface area contributed by atoms with Gasteiger partial charge in [0.2, 0.25) is 0 Å². The number of aromatic nitrogens is 1. The molecule has 1 heterocycles. The lowest BCUT2D eigenvalue weighted by Gasteiger charge is -2.09. The Hall–Kier alpha value is -1.37. The SMILES string of the molecule is Fc1ccc(-c2ccccn2)c([O][AlH])c1. The van der Waals surface area contributed by atoms with Crippen LogP contribution in [0.2, 0.25) is 0 Å². The highest BCUT2D eigenvalue weighted by Crippen LogP contribution is 2.28. The Morgan fingerprint density at radius 1 is 1.20 bits per heavy atom. The first-order valence-corrected chi connectivity index (χ1v) is 5.02. The van der Waals surface area contributed by atoms with Crippen molar-refractivity contribution in [2.24, 2.45) is 0 Å². The molecule has 0 spiro atoms. The Kier molecular flexibility index (Phi) is 3.00. The van der Waals surface area contributed by atoms with Gasteiger partial charge in [-0.1, -0.05) is 6.07 Å². The van der Waals surface area contributed by atoms with Crippen molar-refractivity contribution in [2.75, 3.05) is 0 Å². The highest BCUT2D eigenvalue weighted by Gasteiger charge is 2.06. The monoisotopic (exact) mass is 216 g/mol. The number of hydrogen-bond donors (Lipinski definition) is 0. The van der Waals surface area contributed by atoms with Crippen LogP contribution in [0.3, 0.4) is 0 Å². The standard InChI is InChI=1S/C11H8FNO.Al.H/c12-8-4-5-9(11(14)7-8)10-3-1-2-6-13-10;;/h1-7,14H;;/q;+1;/p-1. The van der Waals surface area contributed by atoms with E-state index in [0.717, 1.165) is 11.3 Å². The van der Waals surface area contributed by atoms with Crippen LogP contribution in [0.25, 0.3) is 11.3 Å². The molecule has 2 aromatic rings.